The van der Waals surface area contributed by atoms with Crippen molar-refractivity contribution in [1.82, 2.24) is 4.90 Å². The van der Waals surface area contributed by atoms with Crippen LogP contribution in [0.2, 0.25) is 0 Å². The lowest BCUT2D eigenvalue weighted by atomic mass is 10.1. The van der Waals surface area contributed by atoms with Gasteiger partial charge in [0.25, 0.3) is 5.91 Å². The Balaban J connectivity index is 0.00000760. The lowest BCUT2D eigenvalue weighted by molar-refractivity contribution is -0.704. The van der Waals surface area contributed by atoms with Gasteiger partial charge in [0.15, 0.2) is 6.20 Å². The monoisotopic (exact) mass is 650 g/mol. The van der Waals surface area contributed by atoms with Gasteiger partial charge in [-0.05, 0) is 37.1 Å². The minimum atomic E-state index is -0.269. The molecule has 39 heavy (non-hydrogen) atoms. The third-order valence-corrected chi connectivity index (χ3v) is 7.14. The second kappa shape index (κ2) is 20.9. The van der Waals surface area contributed by atoms with Gasteiger partial charge < -0.3 is 28.7 Å². The summed E-state index contributed by atoms with van der Waals surface area (Å²) in [5.74, 6) is 0.253. The Kier molecular flexibility index (Phi) is 18.8. The zero-order chi connectivity index (χ0) is 27.6. The van der Waals surface area contributed by atoms with Gasteiger partial charge in [-0.1, -0.05) is 90.5 Å². The van der Waals surface area contributed by atoms with Crippen LogP contribution in [0.4, 0.5) is 0 Å². The minimum absolute atomic E-state index is 0. The van der Waals surface area contributed by atoms with Gasteiger partial charge in [0.2, 0.25) is 11.6 Å². The molecule has 0 atom stereocenters. The van der Waals surface area contributed by atoms with Crippen molar-refractivity contribution in [3.63, 3.8) is 0 Å². The molecular formula is C33H51IN2O3. The Morgan fingerprint density at radius 3 is 2.00 bits per heavy atom. The molecule has 0 N–H and O–H groups in total. The van der Waals surface area contributed by atoms with Crippen molar-refractivity contribution < 1.29 is 42.9 Å². The van der Waals surface area contributed by atoms with Gasteiger partial charge in [-0.15, -0.1) is 0 Å². The van der Waals surface area contributed by atoms with Crippen LogP contribution in [-0.2, 0) is 17.9 Å². The molecule has 0 fully saturated rings. The van der Waals surface area contributed by atoms with Gasteiger partial charge in [-0.2, -0.15) is 0 Å². The normalized spacial score (nSPS) is 10.7. The molecule has 0 saturated carbocycles. The standard InChI is InChI=1S/C33H51N2O3.HI/c1-5-7-8-9-10-11-12-13-14-15-16-19-25-38-31-21-22-32(28(3)26-31)33(37)35(29(4)36)27-30-20-17-18-24-34(30)23-6-2;/h17-18,20-22,24,26H,5-16,19,23,25,27H2,1-4H3;1H/q+1;/p-1. The fraction of sp³-hybridized carbons (Fsp3) is 0.606. The smallest absolute Gasteiger partial charge is 0.261 e. The largest absolute Gasteiger partial charge is 1.00 e. The maximum Gasteiger partial charge on any atom is 0.261 e. The summed E-state index contributed by atoms with van der Waals surface area (Å²) < 4.78 is 8.06. The van der Waals surface area contributed by atoms with Crippen LogP contribution < -0.4 is 33.3 Å². The van der Waals surface area contributed by atoms with Gasteiger partial charge in [-0.3, -0.25) is 14.5 Å². The van der Waals surface area contributed by atoms with Crippen LogP contribution in [0.5, 0.6) is 5.75 Å². The second-order valence-electron chi connectivity index (χ2n) is 10.5. The van der Waals surface area contributed by atoms with Crippen molar-refractivity contribution in [2.75, 3.05) is 6.61 Å². The Hall–Kier alpha value is -1.96. The summed E-state index contributed by atoms with van der Waals surface area (Å²) in [5, 5.41) is 0. The fourth-order valence-electron chi connectivity index (χ4n) is 4.85. The molecule has 2 amide bonds. The molecule has 2 rings (SSSR count). The third kappa shape index (κ3) is 13.3. The molecule has 0 aliphatic carbocycles. The van der Waals surface area contributed by atoms with E-state index in [0.29, 0.717) is 12.2 Å². The molecule has 6 heteroatoms. The van der Waals surface area contributed by atoms with Crippen LogP contribution in [0, 0.1) is 6.92 Å². The highest BCUT2D eigenvalue weighted by Crippen LogP contribution is 2.20. The number of imide groups is 1. The number of pyridine rings is 1. The quantitative estimate of drug-likeness (QED) is 0.123. The highest BCUT2D eigenvalue weighted by Gasteiger charge is 2.25. The van der Waals surface area contributed by atoms with E-state index >= 15 is 0 Å². The predicted octanol–water partition coefficient (Wildman–Crippen LogP) is 4.97. The molecule has 0 spiro atoms. The van der Waals surface area contributed by atoms with Crippen LogP contribution in [0.15, 0.2) is 42.6 Å². The van der Waals surface area contributed by atoms with Crippen molar-refractivity contribution in [3.8, 4) is 5.75 Å². The third-order valence-electron chi connectivity index (χ3n) is 7.14. The van der Waals surface area contributed by atoms with E-state index in [1.165, 1.54) is 82.5 Å². The summed E-state index contributed by atoms with van der Waals surface area (Å²) in [4.78, 5) is 27.1. The molecule has 2 aromatic rings. The maximum absolute atomic E-state index is 13.3. The highest BCUT2D eigenvalue weighted by molar-refractivity contribution is 6.04. The number of nitrogens with zero attached hydrogens (tertiary/aromatic N) is 2. The number of aryl methyl sites for hydroxylation is 2. The molecule has 218 valence electrons. The average molecular weight is 651 g/mol. The highest BCUT2D eigenvalue weighted by atomic mass is 127. The molecule has 0 saturated heterocycles. The van der Waals surface area contributed by atoms with Gasteiger partial charge in [0.05, 0.1) is 6.61 Å². The van der Waals surface area contributed by atoms with Crippen LogP contribution in [0.3, 0.4) is 0 Å². The number of ether oxygens (including phenoxy) is 1. The molecule has 1 aromatic carbocycles. The zero-order valence-corrected chi connectivity index (χ0v) is 27.0. The molecule has 0 aliphatic rings. The second-order valence-corrected chi connectivity index (χ2v) is 10.5. The lowest BCUT2D eigenvalue weighted by Crippen LogP contribution is -3.00. The maximum atomic E-state index is 13.3. The predicted molar refractivity (Wildman–Crippen MR) is 155 cm³/mol. The first-order chi connectivity index (χ1) is 18.5. The van der Waals surface area contributed by atoms with E-state index in [-0.39, 0.29) is 42.3 Å². The van der Waals surface area contributed by atoms with Crippen molar-refractivity contribution >= 4 is 11.8 Å². The molecule has 0 unspecified atom stereocenters. The van der Waals surface area contributed by atoms with E-state index in [2.05, 4.69) is 18.4 Å². The first kappa shape index (κ1) is 35.1. The summed E-state index contributed by atoms with van der Waals surface area (Å²) in [7, 11) is 0. The average Bonchev–Trinajstić information content (AvgIpc) is 2.90. The Morgan fingerprint density at radius 2 is 1.44 bits per heavy atom. The molecule has 5 nitrogen and oxygen atoms in total. The van der Waals surface area contributed by atoms with E-state index in [1.54, 1.807) is 6.07 Å². The number of aromatic nitrogens is 1. The zero-order valence-electron chi connectivity index (χ0n) is 24.9. The molecule has 1 aromatic heterocycles. The number of hydrogen-bond acceptors (Lipinski definition) is 3. The van der Waals surface area contributed by atoms with Crippen molar-refractivity contribution in [1.29, 1.82) is 0 Å². The van der Waals surface area contributed by atoms with Crippen molar-refractivity contribution in [2.24, 2.45) is 0 Å². The van der Waals surface area contributed by atoms with Crippen LogP contribution >= 0.6 is 0 Å². The first-order valence-electron chi connectivity index (χ1n) is 15.0. The summed E-state index contributed by atoms with van der Waals surface area (Å²) >= 11 is 0. The van der Waals surface area contributed by atoms with Crippen LogP contribution in [-0.4, -0.2) is 23.3 Å². The number of rotatable bonds is 19. The number of carbonyl (C=O) groups excluding carboxylic acids is 2. The number of hydrogen-bond donors (Lipinski definition) is 0. The fourth-order valence-corrected chi connectivity index (χ4v) is 4.85. The van der Waals surface area contributed by atoms with E-state index < -0.39 is 0 Å². The summed E-state index contributed by atoms with van der Waals surface area (Å²) in [6.07, 6.45) is 18.8. The van der Waals surface area contributed by atoms with Crippen molar-refractivity contribution in [2.45, 2.75) is 124 Å². The van der Waals surface area contributed by atoms with E-state index in [4.69, 9.17) is 4.74 Å². The minimum Gasteiger partial charge on any atom is -1.00 e. The van der Waals surface area contributed by atoms with Gasteiger partial charge in [0, 0.05) is 31.0 Å². The number of unbranched alkanes of at least 4 members (excludes halogenated alkanes) is 11. The molecular weight excluding hydrogens is 599 g/mol. The molecule has 0 bridgehead atoms. The first-order valence-corrected chi connectivity index (χ1v) is 15.0. The van der Waals surface area contributed by atoms with Crippen LogP contribution in [0.1, 0.15) is 126 Å². The van der Waals surface area contributed by atoms with E-state index in [9.17, 15) is 9.59 Å². The van der Waals surface area contributed by atoms with Gasteiger partial charge in [-0.25, -0.2) is 4.57 Å². The molecule has 0 aliphatic heterocycles. The Bertz CT molecular complexity index is 979. The SMILES string of the molecule is CCCCCCCCCCCCCCOc1ccc(C(=O)N(Cc2cccc[n+]2CCC)C(C)=O)c(C)c1.[I-]. The van der Waals surface area contributed by atoms with Gasteiger partial charge >= 0.3 is 0 Å². The topological polar surface area (TPSA) is 50.5 Å². The summed E-state index contributed by atoms with van der Waals surface area (Å²) in [6.45, 7) is 9.53. The van der Waals surface area contributed by atoms with E-state index in [1.807, 2.05) is 43.5 Å². The van der Waals surface area contributed by atoms with E-state index in [0.717, 1.165) is 36.4 Å². The Labute approximate surface area is 254 Å². The summed E-state index contributed by atoms with van der Waals surface area (Å²) in [6, 6.07) is 11.4. The Morgan fingerprint density at radius 1 is 0.821 bits per heavy atom. The number of benzene rings is 1. The van der Waals surface area contributed by atoms with Crippen molar-refractivity contribution in [3.05, 3.63) is 59.4 Å². The number of carbonyl (C=O) groups is 2. The summed E-state index contributed by atoms with van der Waals surface area (Å²) in [5.41, 5.74) is 2.30. The molecule has 1 heterocycles. The number of halogens is 1. The van der Waals surface area contributed by atoms with Gasteiger partial charge in [0.1, 0.15) is 18.8 Å². The molecule has 0 radical (unpaired) electrons. The number of amides is 2. The lowest BCUT2D eigenvalue weighted by Gasteiger charge is -2.20. The van der Waals surface area contributed by atoms with Crippen LogP contribution in [0.25, 0.3) is 0 Å².